The van der Waals surface area contributed by atoms with Crippen molar-refractivity contribution in [2.24, 2.45) is 17.6 Å². The molecule has 9 heteroatoms. The van der Waals surface area contributed by atoms with E-state index >= 15 is 0 Å². The summed E-state index contributed by atoms with van der Waals surface area (Å²) >= 11 is 0. The highest BCUT2D eigenvalue weighted by Crippen LogP contribution is 2.36. The van der Waals surface area contributed by atoms with Gasteiger partial charge in [-0.3, -0.25) is 10.2 Å². The van der Waals surface area contributed by atoms with Gasteiger partial charge >= 0.3 is 0 Å². The van der Waals surface area contributed by atoms with Crippen LogP contribution in [0.4, 0.5) is 11.5 Å². The number of hydrogen-bond acceptors (Lipinski definition) is 7. The number of carbonyl (C=O) groups excluding carboxylic acids is 1. The molecule has 7 N–H and O–H groups in total. The summed E-state index contributed by atoms with van der Waals surface area (Å²) < 4.78 is 5.62. The first-order valence-corrected chi connectivity index (χ1v) is 14.2. The van der Waals surface area contributed by atoms with Gasteiger partial charge in [-0.25, -0.2) is 9.97 Å². The Labute approximate surface area is 241 Å². The molecule has 3 atom stereocenters. The molecule has 0 bridgehead atoms. The third-order valence-electron chi connectivity index (χ3n) is 8.26. The lowest BCUT2D eigenvalue weighted by atomic mass is 9.77. The standard InChI is InChI=1S/C32H41N7O2/c1-6-20-8-10-24-23(14-20)15-26(38-24)32(40)39-25-11-9-22(16-27(25)41-5)29(34)28-30(36-17-37-31(28)35)19(4)18(3)21(7-2)12-13-33/h8-11,14-19,21,34,38H,6-7,12-13,33H2,1-5H3,(H,39,40)(H2,35,36,37). The van der Waals surface area contributed by atoms with Crippen LogP contribution in [0, 0.1) is 17.2 Å². The number of anilines is 2. The fourth-order valence-corrected chi connectivity index (χ4v) is 5.53. The van der Waals surface area contributed by atoms with Crippen molar-refractivity contribution in [1.29, 1.82) is 5.41 Å². The van der Waals surface area contributed by atoms with Crippen molar-refractivity contribution in [3.8, 4) is 5.75 Å². The van der Waals surface area contributed by atoms with Crippen LogP contribution in [0.15, 0.2) is 48.8 Å². The fourth-order valence-electron chi connectivity index (χ4n) is 5.53. The summed E-state index contributed by atoms with van der Waals surface area (Å²) in [5.41, 5.74) is 17.3. The summed E-state index contributed by atoms with van der Waals surface area (Å²) in [6.45, 7) is 9.23. The van der Waals surface area contributed by atoms with Crippen LogP contribution < -0.4 is 21.5 Å². The van der Waals surface area contributed by atoms with E-state index in [0.717, 1.165) is 35.9 Å². The van der Waals surface area contributed by atoms with Crippen LogP contribution in [-0.2, 0) is 6.42 Å². The van der Waals surface area contributed by atoms with E-state index < -0.39 is 0 Å². The molecule has 4 rings (SSSR count). The number of aromatic nitrogens is 3. The lowest BCUT2D eigenvalue weighted by Gasteiger charge is -2.29. The van der Waals surface area contributed by atoms with Crippen LogP contribution in [0.3, 0.4) is 0 Å². The summed E-state index contributed by atoms with van der Waals surface area (Å²) in [6, 6.07) is 13.2. The maximum Gasteiger partial charge on any atom is 0.272 e. The van der Waals surface area contributed by atoms with E-state index in [4.69, 9.17) is 21.6 Å². The van der Waals surface area contributed by atoms with E-state index in [-0.39, 0.29) is 29.3 Å². The van der Waals surface area contributed by atoms with Crippen LogP contribution in [-0.4, -0.2) is 40.2 Å². The molecule has 0 aliphatic rings. The van der Waals surface area contributed by atoms with Gasteiger partial charge in [0, 0.05) is 22.4 Å². The quantitative estimate of drug-likeness (QED) is 0.137. The number of nitrogen functional groups attached to an aromatic ring is 1. The van der Waals surface area contributed by atoms with Crippen molar-refractivity contribution in [3.05, 3.63) is 76.9 Å². The van der Waals surface area contributed by atoms with Gasteiger partial charge in [0.05, 0.1) is 29.8 Å². The van der Waals surface area contributed by atoms with Crippen molar-refractivity contribution in [2.75, 3.05) is 24.7 Å². The van der Waals surface area contributed by atoms with E-state index in [2.05, 4.69) is 60.1 Å². The number of carbonyl (C=O) groups is 1. The van der Waals surface area contributed by atoms with Crippen LogP contribution in [0.5, 0.6) is 5.75 Å². The Hall–Kier alpha value is -4.24. The van der Waals surface area contributed by atoms with Crippen LogP contribution in [0.25, 0.3) is 10.9 Å². The Kier molecular flexibility index (Phi) is 9.39. The maximum absolute atomic E-state index is 13.1. The van der Waals surface area contributed by atoms with Crippen molar-refractivity contribution in [2.45, 2.75) is 52.9 Å². The summed E-state index contributed by atoms with van der Waals surface area (Å²) in [5.74, 6) is 1.16. The lowest BCUT2D eigenvalue weighted by Crippen LogP contribution is -2.23. The van der Waals surface area contributed by atoms with E-state index in [9.17, 15) is 4.79 Å². The number of fused-ring (bicyclic) bond motifs is 1. The Balaban J connectivity index is 1.61. The van der Waals surface area contributed by atoms with Gasteiger partial charge in [0.2, 0.25) is 0 Å². The number of H-pyrrole nitrogens is 1. The number of nitrogens with two attached hydrogens (primary N) is 2. The molecule has 0 aliphatic carbocycles. The van der Waals surface area contributed by atoms with Crippen molar-refractivity contribution in [3.63, 3.8) is 0 Å². The molecule has 0 aliphatic heterocycles. The molecule has 2 aromatic heterocycles. The Morgan fingerprint density at radius 2 is 1.90 bits per heavy atom. The summed E-state index contributed by atoms with van der Waals surface area (Å²) in [7, 11) is 1.53. The molecular weight excluding hydrogens is 514 g/mol. The van der Waals surface area contributed by atoms with Gasteiger partial charge in [-0.05, 0) is 67.1 Å². The molecule has 2 heterocycles. The zero-order valence-corrected chi connectivity index (χ0v) is 24.5. The number of aromatic amines is 1. The highest BCUT2D eigenvalue weighted by atomic mass is 16.5. The summed E-state index contributed by atoms with van der Waals surface area (Å²) in [4.78, 5) is 25.1. The molecule has 4 aromatic rings. The van der Waals surface area contributed by atoms with Gasteiger partial charge in [-0.1, -0.05) is 46.2 Å². The van der Waals surface area contributed by atoms with Crippen LogP contribution >= 0.6 is 0 Å². The third-order valence-corrected chi connectivity index (χ3v) is 8.26. The Morgan fingerprint density at radius 3 is 2.59 bits per heavy atom. The predicted molar refractivity (Wildman–Crippen MR) is 166 cm³/mol. The second kappa shape index (κ2) is 13.0. The first-order valence-electron chi connectivity index (χ1n) is 14.2. The largest absolute Gasteiger partial charge is 0.495 e. The normalized spacial score (nSPS) is 13.5. The second-order valence-corrected chi connectivity index (χ2v) is 10.6. The molecular formula is C32H41N7O2. The molecule has 3 unspecified atom stereocenters. The number of hydrogen-bond donors (Lipinski definition) is 5. The minimum absolute atomic E-state index is 0.0392. The number of amides is 1. The first kappa shape index (κ1) is 29.7. The number of ether oxygens (including phenoxy) is 1. The van der Waals surface area contributed by atoms with Crippen molar-refractivity contribution < 1.29 is 9.53 Å². The SMILES string of the molecule is CCc1ccc2[nH]c(C(=O)Nc3ccc(C(=N)c4c(N)ncnc4C(C)C(C)C(CC)CCN)cc3OC)cc2c1. The number of methoxy groups -OCH3 is 1. The molecule has 0 saturated carbocycles. The second-order valence-electron chi connectivity index (χ2n) is 10.6. The van der Waals surface area contributed by atoms with Crippen molar-refractivity contribution in [1.82, 2.24) is 15.0 Å². The number of nitrogens with one attached hydrogen (secondary N) is 3. The molecule has 41 heavy (non-hydrogen) atoms. The van der Waals surface area contributed by atoms with Gasteiger partial charge in [0.25, 0.3) is 5.91 Å². The Morgan fingerprint density at radius 1 is 1.12 bits per heavy atom. The molecule has 9 nitrogen and oxygen atoms in total. The number of benzene rings is 2. The third kappa shape index (κ3) is 6.25. The minimum atomic E-state index is -0.283. The first-order chi connectivity index (χ1) is 19.7. The van der Waals surface area contributed by atoms with Gasteiger partial charge in [0.1, 0.15) is 23.6 Å². The van der Waals surface area contributed by atoms with E-state index in [1.807, 2.05) is 12.1 Å². The minimum Gasteiger partial charge on any atom is -0.495 e. The Bertz CT molecular complexity index is 1540. The molecule has 216 valence electrons. The van der Waals surface area contributed by atoms with Gasteiger partial charge < -0.3 is 26.5 Å². The highest BCUT2D eigenvalue weighted by Gasteiger charge is 2.28. The summed E-state index contributed by atoms with van der Waals surface area (Å²) in [5, 5.41) is 13.0. The highest BCUT2D eigenvalue weighted by molar-refractivity contribution is 6.15. The zero-order chi connectivity index (χ0) is 29.7. The number of rotatable bonds is 12. The van der Waals surface area contributed by atoms with E-state index in [0.29, 0.717) is 40.7 Å². The molecule has 0 radical (unpaired) electrons. The van der Waals surface area contributed by atoms with Crippen LogP contribution in [0.2, 0.25) is 0 Å². The predicted octanol–water partition coefficient (Wildman–Crippen LogP) is 5.89. The molecule has 0 fully saturated rings. The van der Waals surface area contributed by atoms with E-state index in [1.54, 1.807) is 18.2 Å². The van der Waals surface area contributed by atoms with E-state index in [1.165, 1.54) is 19.0 Å². The molecule has 0 spiro atoms. The molecule has 2 aromatic carbocycles. The van der Waals surface area contributed by atoms with Gasteiger partial charge in [-0.15, -0.1) is 0 Å². The van der Waals surface area contributed by atoms with Crippen LogP contribution in [0.1, 0.15) is 79.3 Å². The maximum atomic E-state index is 13.1. The van der Waals surface area contributed by atoms with Gasteiger partial charge in [0.15, 0.2) is 0 Å². The van der Waals surface area contributed by atoms with Crippen molar-refractivity contribution >= 4 is 34.0 Å². The molecule has 1 amide bonds. The average molecular weight is 556 g/mol. The topological polar surface area (TPSA) is 156 Å². The monoisotopic (exact) mass is 555 g/mol. The molecule has 0 saturated heterocycles. The van der Waals surface area contributed by atoms with Gasteiger partial charge in [-0.2, -0.15) is 0 Å². The summed E-state index contributed by atoms with van der Waals surface area (Å²) in [6.07, 6.45) is 4.33. The lowest BCUT2D eigenvalue weighted by molar-refractivity contribution is 0.102. The number of nitrogens with zero attached hydrogens (tertiary/aromatic N) is 2. The average Bonchev–Trinajstić information content (AvgIpc) is 3.42. The zero-order valence-electron chi connectivity index (χ0n) is 24.5. The smallest absolute Gasteiger partial charge is 0.272 e. The fraction of sp³-hybridized carbons (Fsp3) is 0.375. The number of aryl methyl sites for hydroxylation is 1.